The number of nitrogens with two attached hydrogens (primary N) is 1. The van der Waals surface area contributed by atoms with E-state index in [-0.39, 0.29) is 5.78 Å². The highest BCUT2D eigenvalue weighted by Crippen LogP contribution is 2.11. The molecule has 2 heteroatoms. The van der Waals surface area contributed by atoms with Crippen LogP contribution in [0.1, 0.15) is 10.4 Å². The number of allylic oxidation sites excluding steroid dienone is 4. The number of anilines is 1. The van der Waals surface area contributed by atoms with Crippen LogP contribution in [0, 0.1) is 0 Å². The molecule has 0 heterocycles. The zero-order valence-electron chi connectivity index (χ0n) is 8.44. The number of carbonyl (C=O) groups is 1. The Kier molecular flexibility index (Phi) is 3.63. The predicted molar refractivity (Wildman–Crippen MR) is 63.7 cm³/mol. The molecule has 15 heavy (non-hydrogen) atoms. The van der Waals surface area contributed by atoms with Gasteiger partial charge in [0, 0.05) is 16.8 Å². The van der Waals surface area contributed by atoms with E-state index in [9.17, 15) is 4.79 Å². The van der Waals surface area contributed by atoms with Crippen molar-refractivity contribution >= 4 is 11.5 Å². The minimum Gasteiger partial charge on any atom is -0.399 e. The van der Waals surface area contributed by atoms with Gasteiger partial charge in [-0.3, -0.25) is 4.79 Å². The molecule has 1 aromatic carbocycles. The van der Waals surface area contributed by atoms with Gasteiger partial charge in [-0.25, -0.2) is 0 Å². The number of Topliss-reactive ketones (excluding diaryl/α,β-unsaturated/α-hetero) is 1. The SMILES string of the molecule is C=C/C=C(\C=C)C(=O)c1ccc(N)cc1. The van der Waals surface area contributed by atoms with Crippen molar-refractivity contribution in [2.24, 2.45) is 0 Å². The van der Waals surface area contributed by atoms with Gasteiger partial charge in [-0.2, -0.15) is 0 Å². The topological polar surface area (TPSA) is 43.1 Å². The van der Waals surface area contributed by atoms with Crippen molar-refractivity contribution < 1.29 is 4.79 Å². The number of carbonyl (C=O) groups excluding carboxylic acids is 1. The van der Waals surface area contributed by atoms with Crippen molar-refractivity contribution in [1.82, 2.24) is 0 Å². The minimum absolute atomic E-state index is 0.0788. The van der Waals surface area contributed by atoms with Crippen molar-refractivity contribution in [3.8, 4) is 0 Å². The van der Waals surface area contributed by atoms with Crippen LogP contribution in [0.15, 0.2) is 61.2 Å². The summed E-state index contributed by atoms with van der Waals surface area (Å²) < 4.78 is 0. The lowest BCUT2D eigenvalue weighted by atomic mass is 10.0. The molecule has 0 aliphatic rings. The van der Waals surface area contributed by atoms with Crippen LogP contribution < -0.4 is 5.73 Å². The van der Waals surface area contributed by atoms with Gasteiger partial charge in [0.25, 0.3) is 0 Å². The van der Waals surface area contributed by atoms with Crippen LogP contribution in [0.5, 0.6) is 0 Å². The van der Waals surface area contributed by atoms with E-state index in [1.165, 1.54) is 6.08 Å². The van der Waals surface area contributed by atoms with E-state index in [1.807, 2.05) is 0 Å². The molecule has 2 nitrogen and oxygen atoms in total. The highest BCUT2D eigenvalue weighted by molar-refractivity contribution is 6.10. The predicted octanol–water partition coefficient (Wildman–Crippen LogP) is 2.75. The first kappa shape index (κ1) is 11.0. The third kappa shape index (κ3) is 2.68. The molecule has 0 unspecified atom stereocenters. The Bertz CT molecular complexity index is 413. The summed E-state index contributed by atoms with van der Waals surface area (Å²) in [6.07, 6.45) is 4.71. The smallest absolute Gasteiger partial charge is 0.193 e. The summed E-state index contributed by atoms with van der Waals surface area (Å²) in [6, 6.07) is 6.78. The van der Waals surface area contributed by atoms with Crippen molar-refractivity contribution in [3.05, 3.63) is 66.8 Å². The van der Waals surface area contributed by atoms with E-state index in [2.05, 4.69) is 13.2 Å². The van der Waals surface area contributed by atoms with E-state index in [4.69, 9.17) is 5.73 Å². The first-order valence-corrected chi connectivity index (χ1v) is 4.54. The molecule has 1 rings (SSSR count). The number of nitrogen functional groups attached to an aromatic ring is 1. The van der Waals surface area contributed by atoms with E-state index in [0.29, 0.717) is 16.8 Å². The maximum atomic E-state index is 11.8. The maximum absolute atomic E-state index is 11.8. The zero-order chi connectivity index (χ0) is 11.3. The maximum Gasteiger partial charge on any atom is 0.193 e. The fourth-order valence-electron chi connectivity index (χ4n) is 1.16. The monoisotopic (exact) mass is 199 g/mol. The van der Waals surface area contributed by atoms with E-state index < -0.39 is 0 Å². The first-order chi connectivity index (χ1) is 7.19. The normalized spacial score (nSPS) is 10.8. The van der Waals surface area contributed by atoms with Crippen molar-refractivity contribution in [1.29, 1.82) is 0 Å². The standard InChI is InChI=1S/C13H13NO/c1-3-5-10(4-2)13(15)11-6-8-12(14)9-7-11/h3-9H,1-2,14H2/b10-5+. The van der Waals surface area contributed by atoms with Gasteiger partial charge in [0.2, 0.25) is 0 Å². The molecule has 0 bridgehead atoms. The molecule has 2 N–H and O–H groups in total. The lowest BCUT2D eigenvalue weighted by Crippen LogP contribution is -2.01. The van der Waals surface area contributed by atoms with Gasteiger partial charge in [0.15, 0.2) is 5.78 Å². The largest absolute Gasteiger partial charge is 0.399 e. The molecule has 0 amide bonds. The molecular weight excluding hydrogens is 186 g/mol. The molecule has 0 aliphatic heterocycles. The Morgan fingerprint density at radius 1 is 1.20 bits per heavy atom. The Hall–Kier alpha value is -2.09. The second kappa shape index (κ2) is 4.96. The average molecular weight is 199 g/mol. The summed E-state index contributed by atoms with van der Waals surface area (Å²) in [5.41, 5.74) is 7.29. The zero-order valence-corrected chi connectivity index (χ0v) is 8.44. The number of hydrogen-bond acceptors (Lipinski definition) is 2. The van der Waals surface area contributed by atoms with Crippen LogP contribution in [-0.2, 0) is 0 Å². The molecule has 0 atom stereocenters. The molecule has 0 radical (unpaired) electrons. The molecule has 1 aromatic rings. The van der Waals surface area contributed by atoms with Gasteiger partial charge in [-0.05, 0) is 24.3 Å². The summed E-state index contributed by atoms with van der Waals surface area (Å²) >= 11 is 0. The van der Waals surface area contributed by atoms with Gasteiger partial charge in [0.05, 0.1) is 0 Å². The summed E-state index contributed by atoms with van der Waals surface area (Å²) in [7, 11) is 0. The van der Waals surface area contributed by atoms with Gasteiger partial charge < -0.3 is 5.73 Å². The molecule has 0 fully saturated rings. The molecule has 76 valence electrons. The molecule has 0 aromatic heterocycles. The van der Waals surface area contributed by atoms with Gasteiger partial charge >= 0.3 is 0 Å². The minimum atomic E-state index is -0.0788. The summed E-state index contributed by atoms with van der Waals surface area (Å²) in [4.78, 5) is 11.8. The lowest BCUT2D eigenvalue weighted by molar-refractivity contribution is 0.103. The van der Waals surface area contributed by atoms with Crippen LogP contribution in [0.2, 0.25) is 0 Å². The Balaban J connectivity index is 3.03. The Morgan fingerprint density at radius 3 is 2.27 bits per heavy atom. The highest BCUT2D eigenvalue weighted by Gasteiger charge is 2.07. The van der Waals surface area contributed by atoms with E-state index in [0.717, 1.165) is 0 Å². The highest BCUT2D eigenvalue weighted by atomic mass is 16.1. The van der Waals surface area contributed by atoms with Crippen LogP contribution in [-0.4, -0.2) is 5.78 Å². The molecular formula is C13H13NO. The van der Waals surface area contributed by atoms with Crippen LogP contribution in [0.4, 0.5) is 5.69 Å². The fraction of sp³-hybridized carbons (Fsp3) is 0. The summed E-state index contributed by atoms with van der Waals surface area (Å²) in [5, 5.41) is 0. The van der Waals surface area contributed by atoms with Crippen molar-refractivity contribution in [2.45, 2.75) is 0 Å². The second-order valence-corrected chi connectivity index (χ2v) is 3.01. The number of rotatable bonds is 4. The fourth-order valence-corrected chi connectivity index (χ4v) is 1.16. The van der Waals surface area contributed by atoms with Gasteiger partial charge in [0.1, 0.15) is 0 Å². The summed E-state index contributed by atoms with van der Waals surface area (Å²) in [5.74, 6) is -0.0788. The van der Waals surface area contributed by atoms with Crippen molar-refractivity contribution in [3.63, 3.8) is 0 Å². The summed E-state index contributed by atoms with van der Waals surface area (Å²) in [6.45, 7) is 7.12. The van der Waals surface area contributed by atoms with Gasteiger partial charge in [-0.1, -0.05) is 31.4 Å². The molecule has 0 saturated heterocycles. The first-order valence-electron chi connectivity index (χ1n) is 4.54. The van der Waals surface area contributed by atoms with Crippen LogP contribution in [0.25, 0.3) is 0 Å². The third-order valence-corrected chi connectivity index (χ3v) is 1.95. The number of benzene rings is 1. The quantitative estimate of drug-likeness (QED) is 0.350. The second-order valence-electron chi connectivity index (χ2n) is 3.01. The number of ketones is 1. The van der Waals surface area contributed by atoms with Crippen LogP contribution in [0.3, 0.4) is 0 Å². The van der Waals surface area contributed by atoms with Gasteiger partial charge in [-0.15, -0.1) is 0 Å². The van der Waals surface area contributed by atoms with Crippen LogP contribution >= 0.6 is 0 Å². The number of hydrogen-bond donors (Lipinski definition) is 1. The Morgan fingerprint density at radius 2 is 1.80 bits per heavy atom. The van der Waals surface area contributed by atoms with E-state index >= 15 is 0 Å². The molecule has 0 aliphatic carbocycles. The molecule has 0 saturated carbocycles. The average Bonchev–Trinajstić information content (AvgIpc) is 2.26. The van der Waals surface area contributed by atoms with E-state index in [1.54, 1.807) is 36.4 Å². The third-order valence-electron chi connectivity index (χ3n) is 1.95. The Labute approximate surface area is 89.4 Å². The van der Waals surface area contributed by atoms with Crippen molar-refractivity contribution in [2.75, 3.05) is 5.73 Å². The lowest BCUT2D eigenvalue weighted by Gasteiger charge is -2.01. The molecule has 0 spiro atoms.